The Hall–Kier alpha value is -0.590. The van der Waals surface area contributed by atoms with Crippen molar-refractivity contribution in [3.63, 3.8) is 0 Å². The third-order valence-corrected chi connectivity index (χ3v) is 3.66. The van der Waals surface area contributed by atoms with Crippen LogP contribution in [0.25, 0.3) is 0 Å². The van der Waals surface area contributed by atoms with Gasteiger partial charge in [-0.15, -0.1) is 0 Å². The Balaban J connectivity index is 2.20. The molecule has 0 aromatic carbocycles. The van der Waals surface area contributed by atoms with E-state index < -0.39 is 0 Å². The molecule has 1 aliphatic carbocycles. The number of nitrogens with one attached hydrogen (secondary N) is 1. The molecule has 1 atom stereocenters. The first kappa shape index (κ1) is 13.5. The zero-order valence-electron chi connectivity index (χ0n) is 10.9. The van der Waals surface area contributed by atoms with Crippen LogP contribution in [0.4, 0.5) is 0 Å². The number of nitriles is 1. The maximum Gasteiger partial charge on any atom is 0.0628 e. The van der Waals surface area contributed by atoms with Gasteiger partial charge < -0.3 is 10.2 Å². The van der Waals surface area contributed by atoms with Gasteiger partial charge in [-0.25, -0.2) is 0 Å². The van der Waals surface area contributed by atoms with Crippen molar-refractivity contribution in [2.75, 3.05) is 26.2 Å². The lowest BCUT2D eigenvalue weighted by atomic mass is 10.0. The van der Waals surface area contributed by atoms with E-state index in [9.17, 15) is 0 Å². The van der Waals surface area contributed by atoms with Crippen LogP contribution in [-0.4, -0.2) is 37.1 Å². The van der Waals surface area contributed by atoms with Crippen molar-refractivity contribution in [1.82, 2.24) is 10.2 Å². The van der Waals surface area contributed by atoms with E-state index in [1.54, 1.807) is 0 Å². The average molecular weight is 223 g/mol. The average Bonchev–Trinajstić information content (AvgIpc) is 3.04. The zero-order chi connectivity index (χ0) is 12.0. The maximum atomic E-state index is 8.74. The molecule has 1 saturated carbocycles. The molecule has 16 heavy (non-hydrogen) atoms. The molecule has 0 radical (unpaired) electrons. The van der Waals surface area contributed by atoms with Gasteiger partial charge in [0, 0.05) is 25.6 Å². The van der Waals surface area contributed by atoms with E-state index in [4.69, 9.17) is 5.26 Å². The van der Waals surface area contributed by atoms with Crippen LogP contribution in [0.5, 0.6) is 0 Å². The Kier molecular flexibility index (Phi) is 5.24. The first-order chi connectivity index (χ1) is 7.65. The number of hydrogen-bond donors (Lipinski definition) is 1. The molecule has 0 saturated heterocycles. The molecule has 1 unspecified atom stereocenters. The molecule has 1 aliphatic rings. The van der Waals surface area contributed by atoms with Crippen LogP contribution >= 0.6 is 0 Å². The molecular formula is C13H25N3. The Labute approximate surface area is 99.8 Å². The molecule has 0 bridgehead atoms. The molecule has 0 heterocycles. The van der Waals surface area contributed by atoms with Gasteiger partial charge in [-0.2, -0.15) is 5.26 Å². The molecule has 1 N–H and O–H groups in total. The van der Waals surface area contributed by atoms with Gasteiger partial charge in [0.05, 0.1) is 6.07 Å². The summed E-state index contributed by atoms with van der Waals surface area (Å²) in [5.41, 5.74) is 0.326. The number of nitrogens with zero attached hydrogens (tertiary/aromatic N) is 2. The number of hydrogen-bond acceptors (Lipinski definition) is 3. The van der Waals surface area contributed by atoms with E-state index in [-0.39, 0.29) is 0 Å². The quantitative estimate of drug-likeness (QED) is 0.684. The topological polar surface area (TPSA) is 39.1 Å². The molecule has 0 aromatic rings. The predicted octanol–water partition coefficient (Wildman–Crippen LogP) is 2.00. The van der Waals surface area contributed by atoms with Gasteiger partial charge in [0.25, 0.3) is 0 Å². The molecule has 1 fully saturated rings. The summed E-state index contributed by atoms with van der Waals surface area (Å²) in [6, 6.07) is 2.83. The molecule has 92 valence electrons. The molecule has 3 nitrogen and oxygen atoms in total. The van der Waals surface area contributed by atoms with Gasteiger partial charge in [-0.05, 0) is 38.3 Å². The minimum absolute atomic E-state index is 0.326. The Morgan fingerprint density at radius 1 is 1.38 bits per heavy atom. The normalized spacial score (nSPS) is 19.4. The largest absolute Gasteiger partial charge is 0.312 e. The highest BCUT2D eigenvalue weighted by molar-refractivity contribution is 5.01. The third kappa shape index (κ3) is 4.11. The summed E-state index contributed by atoms with van der Waals surface area (Å²) < 4.78 is 0. The van der Waals surface area contributed by atoms with Crippen molar-refractivity contribution in [2.45, 2.75) is 46.1 Å². The van der Waals surface area contributed by atoms with E-state index in [0.29, 0.717) is 11.5 Å². The van der Waals surface area contributed by atoms with Crippen molar-refractivity contribution < 1.29 is 0 Å². The highest BCUT2D eigenvalue weighted by Crippen LogP contribution is 2.47. The lowest BCUT2D eigenvalue weighted by Gasteiger charge is -2.25. The van der Waals surface area contributed by atoms with Crippen molar-refractivity contribution in [3.05, 3.63) is 0 Å². The smallest absolute Gasteiger partial charge is 0.0628 e. The highest BCUT2D eigenvalue weighted by atomic mass is 15.1. The fourth-order valence-corrected chi connectivity index (χ4v) is 2.08. The van der Waals surface area contributed by atoms with Crippen molar-refractivity contribution in [2.24, 2.45) is 5.41 Å². The summed E-state index contributed by atoms with van der Waals surface area (Å²) in [6.45, 7) is 11.0. The summed E-state index contributed by atoms with van der Waals surface area (Å²) in [5.74, 6) is 0. The van der Waals surface area contributed by atoms with Crippen LogP contribution in [0.2, 0.25) is 0 Å². The summed E-state index contributed by atoms with van der Waals surface area (Å²) in [4.78, 5) is 2.43. The molecule has 0 aliphatic heterocycles. The van der Waals surface area contributed by atoms with Crippen LogP contribution in [-0.2, 0) is 0 Å². The molecule has 0 aromatic heterocycles. The van der Waals surface area contributed by atoms with E-state index in [1.165, 1.54) is 12.8 Å². The summed E-state index contributed by atoms with van der Waals surface area (Å²) in [5, 5.41) is 12.3. The van der Waals surface area contributed by atoms with Crippen molar-refractivity contribution >= 4 is 0 Å². The van der Waals surface area contributed by atoms with E-state index >= 15 is 0 Å². The molecule has 3 heteroatoms. The highest BCUT2D eigenvalue weighted by Gasteiger charge is 2.42. The second-order valence-corrected chi connectivity index (χ2v) is 5.10. The van der Waals surface area contributed by atoms with Crippen LogP contribution in [0.1, 0.15) is 40.0 Å². The van der Waals surface area contributed by atoms with Gasteiger partial charge in [0.15, 0.2) is 0 Å². The van der Waals surface area contributed by atoms with Crippen LogP contribution in [0, 0.1) is 16.7 Å². The Morgan fingerprint density at radius 3 is 2.44 bits per heavy atom. The summed E-state index contributed by atoms with van der Waals surface area (Å²) in [7, 11) is 0. The molecule has 0 spiro atoms. The fourth-order valence-electron chi connectivity index (χ4n) is 2.08. The molecule has 0 amide bonds. The standard InChI is InChI=1S/C13H25N3/c1-4-16(5-2)10-12(3)15-11-13(6-7-13)8-9-14/h12,15H,4-8,10-11H2,1-3H3. The van der Waals surface area contributed by atoms with Crippen molar-refractivity contribution in [1.29, 1.82) is 5.26 Å². The van der Waals surface area contributed by atoms with Gasteiger partial charge in [0.2, 0.25) is 0 Å². The van der Waals surface area contributed by atoms with Gasteiger partial charge in [0.1, 0.15) is 0 Å². The van der Waals surface area contributed by atoms with E-state index in [2.05, 4.69) is 37.1 Å². The molecular weight excluding hydrogens is 198 g/mol. The maximum absolute atomic E-state index is 8.74. The van der Waals surface area contributed by atoms with E-state index in [0.717, 1.165) is 32.6 Å². The number of rotatable bonds is 8. The minimum Gasteiger partial charge on any atom is -0.312 e. The summed E-state index contributed by atoms with van der Waals surface area (Å²) in [6.07, 6.45) is 3.18. The fraction of sp³-hybridized carbons (Fsp3) is 0.923. The van der Waals surface area contributed by atoms with Crippen molar-refractivity contribution in [3.8, 4) is 6.07 Å². The SMILES string of the molecule is CCN(CC)CC(C)NCC1(CC#N)CC1. The van der Waals surface area contributed by atoms with Gasteiger partial charge in [-0.3, -0.25) is 0 Å². The van der Waals surface area contributed by atoms with Gasteiger partial charge >= 0.3 is 0 Å². The van der Waals surface area contributed by atoms with Crippen LogP contribution < -0.4 is 5.32 Å². The van der Waals surface area contributed by atoms with Gasteiger partial charge in [-0.1, -0.05) is 13.8 Å². The monoisotopic (exact) mass is 223 g/mol. The Morgan fingerprint density at radius 2 is 2.00 bits per heavy atom. The zero-order valence-corrected chi connectivity index (χ0v) is 10.9. The van der Waals surface area contributed by atoms with Crippen LogP contribution in [0.3, 0.4) is 0 Å². The first-order valence-electron chi connectivity index (χ1n) is 6.48. The van der Waals surface area contributed by atoms with E-state index in [1.807, 2.05) is 0 Å². The lowest BCUT2D eigenvalue weighted by Crippen LogP contribution is -2.41. The third-order valence-electron chi connectivity index (χ3n) is 3.66. The lowest BCUT2D eigenvalue weighted by molar-refractivity contribution is 0.264. The Bertz CT molecular complexity index is 236. The minimum atomic E-state index is 0.326. The predicted molar refractivity (Wildman–Crippen MR) is 67.1 cm³/mol. The summed E-state index contributed by atoms with van der Waals surface area (Å²) >= 11 is 0. The first-order valence-corrected chi connectivity index (χ1v) is 6.48. The second-order valence-electron chi connectivity index (χ2n) is 5.10. The second kappa shape index (κ2) is 6.22. The van der Waals surface area contributed by atoms with Crippen LogP contribution in [0.15, 0.2) is 0 Å². The number of likely N-dealkylation sites (N-methyl/N-ethyl adjacent to an activating group) is 1. The molecule has 1 rings (SSSR count).